The van der Waals surface area contributed by atoms with Crippen LogP contribution < -0.4 is 5.32 Å². The van der Waals surface area contributed by atoms with Crippen molar-refractivity contribution in [3.05, 3.63) is 40.4 Å². The number of nitrogens with one attached hydrogen (secondary N) is 1. The molecule has 1 aromatic carbocycles. The van der Waals surface area contributed by atoms with E-state index in [0.29, 0.717) is 5.02 Å². The number of aliphatic hydroxyl groups is 1. The lowest BCUT2D eigenvalue weighted by atomic mass is 10.1. The van der Waals surface area contributed by atoms with Crippen LogP contribution in [0.1, 0.15) is 18.1 Å². The second kappa shape index (κ2) is 7.07. The number of hydrogen-bond acceptors (Lipinski definition) is 3. The molecule has 3 N–H and O–H groups in total. The molecule has 0 aliphatic heterocycles. The molecular formula is C14H16ClNO4. The fourth-order valence-corrected chi connectivity index (χ4v) is 1.66. The van der Waals surface area contributed by atoms with E-state index in [1.54, 1.807) is 12.1 Å². The van der Waals surface area contributed by atoms with Crippen molar-refractivity contribution >= 4 is 29.6 Å². The van der Waals surface area contributed by atoms with E-state index >= 15 is 0 Å². The van der Waals surface area contributed by atoms with Crippen molar-refractivity contribution in [2.24, 2.45) is 0 Å². The lowest BCUT2D eigenvalue weighted by Crippen LogP contribution is -2.47. The van der Waals surface area contributed by atoms with Crippen LogP contribution in [0.25, 0.3) is 6.08 Å². The molecule has 0 aliphatic carbocycles. The number of benzene rings is 1. The van der Waals surface area contributed by atoms with Crippen LogP contribution in [0.2, 0.25) is 5.02 Å². The maximum absolute atomic E-state index is 11.6. The van der Waals surface area contributed by atoms with Crippen molar-refractivity contribution in [3.63, 3.8) is 0 Å². The first kappa shape index (κ1) is 16.2. The minimum atomic E-state index is -1.34. The molecule has 0 unspecified atom stereocenters. The molecule has 0 fully saturated rings. The van der Waals surface area contributed by atoms with Gasteiger partial charge in [0.15, 0.2) is 6.04 Å². The van der Waals surface area contributed by atoms with Gasteiger partial charge in [-0.15, -0.1) is 0 Å². The van der Waals surface area contributed by atoms with E-state index in [1.807, 2.05) is 13.0 Å². The highest BCUT2D eigenvalue weighted by Gasteiger charge is 2.23. The number of aryl methyl sites for hydroxylation is 1. The summed E-state index contributed by atoms with van der Waals surface area (Å²) in [5.74, 6) is -1.89. The molecule has 0 aliphatic rings. The topological polar surface area (TPSA) is 86.6 Å². The molecule has 5 nitrogen and oxygen atoms in total. The Morgan fingerprint density at radius 2 is 2.05 bits per heavy atom. The third-order valence-corrected chi connectivity index (χ3v) is 3.08. The molecule has 2 atom stereocenters. The number of aliphatic carboxylic acids is 1. The van der Waals surface area contributed by atoms with Gasteiger partial charge >= 0.3 is 5.97 Å². The zero-order valence-corrected chi connectivity index (χ0v) is 11.9. The van der Waals surface area contributed by atoms with Crippen LogP contribution in [-0.2, 0) is 9.59 Å². The predicted octanol–water partition coefficient (Wildman–Crippen LogP) is 1.61. The van der Waals surface area contributed by atoms with Gasteiger partial charge in [-0.1, -0.05) is 23.7 Å². The quantitative estimate of drug-likeness (QED) is 0.721. The van der Waals surface area contributed by atoms with Crippen LogP contribution in [0.4, 0.5) is 0 Å². The van der Waals surface area contributed by atoms with Gasteiger partial charge in [0.25, 0.3) is 0 Å². The molecule has 0 heterocycles. The number of carbonyl (C=O) groups is 2. The molecule has 0 saturated carbocycles. The second-order valence-corrected chi connectivity index (χ2v) is 4.81. The van der Waals surface area contributed by atoms with E-state index in [0.717, 1.165) is 11.1 Å². The molecule has 0 bridgehead atoms. The summed E-state index contributed by atoms with van der Waals surface area (Å²) in [6.07, 6.45) is 1.53. The van der Waals surface area contributed by atoms with Crippen molar-refractivity contribution < 1.29 is 19.8 Å². The van der Waals surface area contributed by atoms with Crippen LogP contribution in [0.3, 0.4) is 0 Å². The number of aliphatic hydroxyl groups excluding tert-OH is 1. The summed E-state index contributed by atoms with van der Waals surface area (Å²) in [5, 5.41) is 20.9. The van der Waals surface area contributed by atoms with Crippen molar-refractivity contribution in [1.29, 1.82) is 0 Å². The Morgan fingerprint density at radius 3 is 2.55 bits per heavy atom. The summed E-state index contributed by atoms with van der Waals surface area (Å²) < 4.78 is 0. The fourth-order valence-electron chi connectivity index (χ4n) is 1.47. The van der Waals surface area contributed by atoms with Crippen molar-refractivity contribution in [2.75, 3.05) is 0 Å². The lowest BCUT2D eigenvalue weighted by Gasteiger charge is -2.15. The van der Waals surface area contributed by atoms with Gasteiger partial charge in [0.2, 0.25) is 5.91 Å². The Balaban J connectivity index is 2.72. The summed E-state index contributed by atoms with van der Waals surface area (Å²) in [5.41, 5.74) is 1.65. The molecule has 0 radical (unpaired) electrons. The minimum Gasteiger partial charge on any atom is -0.480 e. The number of carboxylic acid groups (broad SMARTS) is 1. The van der Waals surface area contributed by atoms with Crippen LogP contribution >= 0.6 is 11.6 Å². The Morgan fingerprint density at radius 1 is 1.40 bits per heavy atom. The smallest absolute Gasteiger partial charge is 0.328 e. The van der Waals surface area contributed by atoms with E-state index in [1.165, 1.54) is 19.1 Å². The lowest BCUT2D eigenvalue weighted by molar-refractivity contribution is -0.144. The monoisotopic (exact) mass is 297 g/mol. The normalized spacial score (nSPS) is 14.0. The van der Waals surface area contributed by atoms with Crippen LogP contribution in [0, 0.1) is 6.92 Å². The summed E-state index contributed by atoms with van der Waals surface area (Å²) in [7, 11) is 0. The number of hydrogen-bond donors (Lipinski definition) is 3. The molecule has 0 saturated heterocycles. The molecule has 1 rings (SSSR count). The first-order valence-electron chi connectivity index (χ1n) is 5.97. The van der Waals surface area contributed by atoms with Gasteiger partial charge < -0.3 is 15.5 Å². The Hall–Kier alpha value is -1.85. The molecule has 20 heavy (non-hydrogen) atoms. The first-order chi connectivity index (χ1) is 9.31. The van der Waals surface area contributed by atoms with E-state index in [9.17, 15) is 14.7 Å². The third kappa shape index (κ3) is 4.68. The van der Waals surface area contributed by atoms with Gasteiger partial charge in [-0.2, -0.15) is 0 Å². The number of amides is 1. The molecule has 6 heteroatoms. The van der Waals surface area contributed by atoms with E-state index in [-0.39, 0.29) is 0 Å². The molecular weight excluding hydrogens is 282 g/mol. The molecule has 108 valence electrons. The van der Waals surface area contributed by atoms with Crippen LogP contribution in [-0.4, -0.2) is 34.2 Å². The van der Waals surface area contributed by atoms with Crippen molar-refractivity contribution in [1.82, 2.24) is 5.32 Å². The summed E-state index contributed by atoms with van der Waals surface area (Å²) >= 11 is 5.95. The number of halogens is 1. The number of carboxylic acids is 1. The standard InChI is InChI=1S/C14H16ClNO4/c1-8-3-4-10(7-11(8)15)5-6-12(18)16-13(9(2)17)14(19)20/h3-7,9,13,17H,1-2H3,(H,16,18)(H,19,20)/b6-5+/t9-,13+/m1/s1. The van der Waals surface area contributed by atoms with Gasteiger partial charge in [0.05, 0.1) is 6.10 Å². The highest BCUT2D eigenvalue weighted by molar-refractivity contribution is 6.31. The molecule has 0 spiro atoms. The van der Waals surface area contributed by atoms with Gasteiger partial charge in [0.1, 0.15) is 0 Å². The van der Waals surface area contributed by atoms with Crippen LogP contribution in [0.15, 0.2) is 24.3 Å². The zero-order valence-electron chi connectivity index (χ0n) is 11.1. The van der Waals surface area contributed by atoms with E-state index in [2.05, 4.69) is 5.32 Å². The summed E-state index contributed by atoms with van der Waals surface area (Å²) in [6.45, 7) is 3.16. The maximum Gasteiger partial charge on any atom is 0.328 e. The van der Waals surface area contributed by atoms with E-state index in [4.69, 9.17) is 16.7 Å². The third-order valence-electron chi connectivity index (χ3n) is 2.67. The Bertz CT molecular complexity index is 540. The van der Waals surface area contributed by atoms with Crippen molar-refractivity contribution in [3.8, 4) is 0 Å². The molecule has 1 aromatic rings. The Kier molecular flexibility index (Phi) is 5.73. The highest BCUT2D eigenvalue weighted by atomic mass is 35.5. The van der Waals surface area contributed by atoms with Gasteiger partial charge in [0, 0.05) is 11.1 Å². The summed E-state index contributed by atoms with van der Waals surface area (Å²) in [6, 6.07) is 3.96. The van der Waals surface area contributed by atoms with Crippen LogP contribution in [0.5, 0.6) is 0 Å². The fraction of sp³-hybridized carbons (Fsp3) is 0.286. The summed E-state index contributed by atoms with van der Waals surface area (Å²) in [4.78, 5) is 22.4. The van der Waals surface area contributed by atoms with Gasteiger partial charge in [-0.25, -0.2) is 4.79 Å². The highest BCUT2D eigenvalue weighted by Crippen LogP contribution is 2.17. The van der Waals surface area contributed by atoms with E-state index < -0.39 is 24.0 Å². The average Bonchev–Trinajstić information content (AvgIpc) is 2.36. The minimum absolute atomic E-state index is 0.583. The average molecular weight is 298 g/mol. The largest absolute Gasteiger partial charge is 0.480 e. The predicted molar refractivity (Wildman–Crippen MR) is 76.5 cm³/mol. The molecule has 1 amide bonds. The SMILES string of the molecule is Cc1ccc(/C=C/C(=O)N[C@H](C(=O)O)[C@@H](C)O)cc1Cl. The van der Waals surface area contributed by atoms with Gasteiger partial charge in [-0.3, -0.25) is 4.79 Å². The maximum atomic E-state index is 11.6. The number of rotatable bonds is 5. The Labute approximate surface area is 121 Å². The second-order valence-electron chi connectivity index (χ2n) is 4.41. The van der Waals surface area contributed by atoms with Gasteiger partial charge in [-0.05, 0) is 37.1 Å². The van der Waals surface area contributed by atoms with Crippen molar-refractivity contribution in [2.45, 2.75) is 26.0 Å². The zero-order chi connectivity index (χ0) is 15.3. The first-order valence-corrected chi connectivity index (χ1v) is 6.34. The number of carbonyl (C=O) groups excluding carboxylic acids is 1. The molecule has 0 aromatic heterocycles.